The van der Waals surface area contributed by atoms with Gasteiger partial charge in [0.05, 0.1) is 18.8 Å². The maximum absolute atomic E-state index is 9.54. The summed E-state index contributed by atoms with van der Waals surface area (Å²) in [5, 5.41) is 9.54. The van der Waals surface area contributed by atoms with Crippen LogP contribution < -0.4 is 0 Å². The number of nitrogens with zero attached hydrogens (tertiary/aromatic N) is 1. The number of hydrogen-bond donors (Lipinski definition) is 1. The van der Waals surface area contributed by atoms with Crippen LogP contribution in [0.15, 0.2) is 0 Å². The molecule has 1 aliphatic heterocycles. The highest BCUT2D eigenvalue weighted by Crippen LogP contribution is 2.08. The number of hydrogen-bond acceptors (Lipinski definition) is 4. The van der Waals surface area contributed by atoms with E-state index in [-0.39, 0.29) is 6.29 Å². The third-order valence-electron chi connectivity index (χ3n) is 1.81. The van der Waals surface area contributed by atoms with Crippen LogP contribution in [0.1, 0.15) is 13.8 Å². The van der Waals surface area contributed by atoms with Gasteiger partial charge in [-0.25, -0.2) is 0 Å². The topological polar surface area (TPSA) is 41.9 Å². The Morgan fingerprint density at radius 1 is 1.38 bits per heavy atom. The fourth-order valence-corrected chi connectivity index (χ4v) is 1.49. The predicted octanol–water partition coefficient (Wildman–Crippen LogP) is 0.0620. The fourth-order valence-electron chi connectivity index (χ4n) is 1.49. The van der Waals surface area contributed by atoms with Gasteiger partial charge < -0.3 is 14.6 Å². The molecule has 1 aliphatic rings. The van der Waals surface area contributed by atoms with Crippen molar-refractivity contribution in [3.63, 3.8) is 0 Å². The SMILES string of the molecule is CN(CC1OCCO1)CC(C)(C)O. The lowest BCUT2D eigenvalue weighted by Crippen LogP contribution is -2.40. The molecule has 1 heterocycles. The van der Waals surface area contributed by atoms with Gasteiger partial charge in [0.2, 0.25) is 0 Å². The van der Waals surface area contributed by atoms with Gasteiger partial charge in [-0.05, 0) is 20.9 Å². The van der Waals surface area contributed by atoms with Gasteiger partial charge >= 0.3 is 0 Å². The molecular weight excluding hydrogens is 170 g/mol. The van der Waals surface area contributed by atoms with Crippen molar-refractivity contribution in [2.45, 2.75) is 25.7 Å². The van der Waals surface area contributed by atoms with Crippen LogP contribution in [0.2, 0.25) is 0 Å². The second-order valence-corrected chi connectivity index (χ2v) is 4.18. The normalized spacial score (nSPS) is 20.1. The van der Waals surface area contributed by atoms with E-state index in [0.29, 0.717) is 26.3 Å². The van der Waals surface area contributed by atoms with Gasteiger partial charge in [-0.1, -0.05) is 0 Å². The number of ether oxygens (including phenoxy) is 2. The molecule has 0 aromatic carbocycles. The highest BCUT2D eigenvalue weighted by atomic mass is 16.7. The van der Waals surface area contributed by atoms with Gasteiger partial charge in [0.25, 0.3) is 0 Å². The first-order chi connectivity index (χ1) is 5.97. The minimum atomic E-state index is -0.659. The summed E-state index contributed by atoms with van der Waals surface area (Å²) in [5.41, 5.74) is -0.659. The summed E-state index contributed by atoms with van der Waals surface area (Å²) in [4.78, 5) is 2.01. The minimum absolute atomic E-state index is 0.118. The molecule has 78 valence electrons. The maximum atomic E-state index is 9.54. The molecule has 13 heavy (non-hydrogen) atoms. The van der Waals surface area contributed by atoms with Crippen LogP contribution in [0.4, 0.5) is 0 Å². The molecule has 0 aromatic heterocycles. The molecule has 1 saturated heterocycles. The molecule has 0 radical (unpaired) electrons. The molecule has 0 aromatic rings. The lowest BCUT2D eigenvalue weighted by Gasteiger charge is -2.26. The van der Waals surface area contributed by atoms with E-state index in [1.807, 2.05) is 11.9 Å². The Morgan fingerprint density at radius 3 is 2.38 bits per heavy atom. The Labute approximate surface area is 79.4 Å². The van der Waals surface area contributed by atoms with E-state index in [1.54, 1.807) is 13.8 Å². The van der Waals surface area contributed by atoms with Crippen LogP contribution in [0.25, 0.3) is 0 Å². The zero-order chi connectivity index (χ0) is 9.90. The van der Waals surface area contributed by atoms with Gasteiger partial charge in [-0.3, -0.25) is 4.90 Å². The van der Waals surface area contributed by atoms with Crippen molar-refractivity contribution in [1.29, 1.82) is 0 Å². The van der Waals surface area contributed by atoms with E-state index in [9.17, 15) is 5.11 Å². The van der Waals surface area contributed by atoms with E-state index < -0.39 is 5.60 Å². The van der Waals surface area contributed by atoms with Gasteiger partial charge in [0, 0.05) is 13.1 Å². The summed E-state index contributed by atoms with van der Waals surface area (Å²) >= 11 is 0. The van der Waals surface area contributed by atoms with Crippen molar-refractivity contribution in [2.75, 3.05) is 33.4 Å². The average Bonchev–Trinajstić information content (AvgIpc) is 2.34. The molecular formula is C9H19NO3. The highest BCUT2D eigenvalue weighted by molar-refractivity contribution is 4.71. The molecule has 0 saturated carbocycles. The first kappa shape index (κ1) is 10.9. The molecule has 4 nitrogen and oxygen atoms in total. The predicted molar refractivity (Wildman–Crippen MR) is 49.5 cm³/mol. The van der Waals surface area contributed by atoms with Gasteiger partial charge in [-0.15, -0.1) is 0 Å². The molecule has 0 spiro atoms. The second kappa shape index (κ2) is 4.37. The Hall–Kier alpha value is -0.160. The zero-order valence-corrected chi connectivity index (χ0v) is 8.62. The van der Waals surface area contributed by atoms with E-state index in [1.165, 1.54) is 0 Å². The smallest absolute Gasteiger partial charge is 0.170 e. The second-order valence-electron chi connectivity index (χ2n) is 4.18. The van der Waals surface area contributed by atoms with Crippen molar-refractivity contribution in [3.05, 3.63) is 0 Å². The van der Waals surface area contributed by atoms with Crippen molar-refractivity contribution in [1.82, 2.24) is 4.90 Å². The standard InChI is InChI=1S/C9H19NO3/c1-9(2,11)7-10(3)6-8-12-4-5-13-8/h8,11H,4-7H2,1-3H3. The molecule has 0 aliphatic carbocycles. The summed E-state index contributed by atoms with van der Waals surface area (Å²) in [7, 11) is 1.95. The van der Waals surface area contributed by atoms with Crippen molar-refractivity contribution >= 4 is 0 Å². The Bertz CT molecular complexity index is 149. The summed E-state index contributed by atoms with van der Waals surface area (Å²) in [6, 6.07) is 0. The van der Waals surface area contributed by atoms with Crippen LogP contribution in [0.5, 0.6) is 0 Å². The monoisotopic (exact) mass is 189 g/mol. The highest BCUT2D eigenvalue weighted by Gasteiger charge is 2.21. The van der Waals surface area contributed by atoms with Crippen LogP contribution >= 0.6 is 0 Å². The van der Waals surface area contributed by atoms with Crippen LogP contribution in [-0.4, -0.2) is 55.2 Å². The average molecular weight is 189 g/mol. The molecule has 4 heteroatoms. The van der Waals surface area contributed by atoms with E-state index in [0.717, 1.165) is 0 Å². The maximum Gasteiger partial charge on any atom is 0.170 e. The van der Waals surface area contributed by atoms with Crippen molar-refractivity contribution < 1.29 is 14.6 Å². The molecule has 0 atom stereocenters. The van der Waals surface area contributed by atoms with Crippen molar-refractivity contribution in [2.24, 2.45) is 0 Å². The van der Waals surface area contributed by atoms with Crippen molar-refractivity contribution in [3.8, 4) is 0 Å². The van der Waals surface area contributed by atoms with Gasteiger partial charge in [0.15, 0.2) is 6.29 Å². The summed E-state index contributed by atoms with van der Waals surface area (Å²) in [5.74, 6) is 0. The molecule has 0 unspecified atom stereocenters. The quantitative estimate of drug-likeness (QED) is 0.679. The molecule has 1 rings (SSSR count). The lowest BCUT2D eigenvalue weighted by molar-refractivity contribution is -0.0676. The van der Waals surface area contributed by atoms with Gasteiger partial charge in [0.1, 0.15) is 0 Å². The molecule has 1 fully saturated rings. The Balaban J connectivity index is 2.20. The Morgan fingerprint density at radius 2 is 1.92 bits per heavy atom. The third-order valence-corrected chi connectivity index (χ3v) is 1.81. The lowest BCUT2D eigenvalue weighted by atomic mass is 10.1. The summed E-state index contributed by atoms with van der Waals surface area (Å²) in [6.45, 7) is 6.28. The number of rotatable bonds is 4. The first-order valence-corrected chi connectivity index (χ1v) is 4.61. The fraction of sp³-hybridized carbons (Fsp3) is 1.00. The molecule has 0 amide bonds. The summed E-state index contributed by atoms with van der Waals surface area (Å²) < 4.78 is 10.6. The van der Waals surface area contributed by atoms with Crippen LogP contribution in [0.3, 0.4) is 0 Å². The van der Waals surface area contributed by atoms with E-state index in [2.05, 4.69) is 0 Å². The summed E-state index contributed by atoms with van der Waals surface area (Å²) in [6.07, 6.45) is -0.118. The van der Waals surface area contributed by atoms with E-state index in [4.69, 9.17) is 9.47 Å². The third kappa shape index (κ3) is 4.57. The molecule has 1 N–H and O–H groups in total. The largest absolute Gasteiger partial charge is 0.389 e. The number of likely N-dealkylation sites (N-methyl/N-ethyl adjacent to an activating group) is 1. The number of aliphatic hydroxyl groups is 1. The van der Waals surface area contributed by atoms with E-state index >= 15 is 0 Å². The van der Waals surface area contributed by atoms with Crippen LogP contribution in [0, 0.1) is 0 Å². The molecule has 0 bridgehead atoms. The van der Waals surface area contributed by atoms with Crippen LogP contribution in [-0.2, 0) is 9.47 Å². The minimum Gasteiger partial charge on any atom is -0.389 e. The first-order valence-electron chi connectivity index (χ1n) is 4.61. The zero-order valence-electron chi connectivity index (χ0n) is 8.62. The Kier molecular flexibility index (Phi) is 3.67. The van der Waals surface area contributed by atoms with Gasteiger partial charge in [-0.2, -0.15) is 0 Å².